The van der Waals surface area contributed by atoms with Gasteiger partial charge in [-0.1, -0.05) is 32.0 Å². The molecule has 29 heavy (non-hydrogen) atoms. The summed E-state index contributed by atoms with van der Waals surface area (Å²) in [5.74, 6) is 0. The molecule has 0 amide bonds. The lowest BCUT2D eigenvalue weighted by molar-refractivity contribution is -0.140. The molecule has 0 radical (unpaired) electrons. The van der Waals surface area contributed by atoms with Gasteiger partial charge in [0.2, 0.25) is 0 Å². The molecule has 0 spiro atoms. The van der Waals surface area contributed by atoms with Crippen molar-refractivity contribution in [1.29, 1.82) is 0 Å². The third-order valence-corrected chi connectivity index (χ3v) is 5.02. The van der Waals surface area contributed by atoms with Crippen LogP contribution in [0.25, 0.3) is 0 Å². The van der Waals surface area contributed by atoms with E-state index in [1.54, 1.807) is 0 Å². The molecule has 2 nitrogen and oxygen atoms in total. The van der Waals surface area contributed by atoms with E-state index in [1.165, 1.54) is 6.08 Å². The molecule has 1 aliphatic heterocycles. The highest BCUT2D eigenvalue weighted by atomic mass is 19.4. The Bertz CT molecular complexity index is 983. The summed E-state index contributed by atoms with van der Waals surface area (Å²) in [5, 5.41) is 0. The van der Waals surface area contributed by atoms with Gasteiger partial charge >= 0.3 is 12.4 Å². The Morgan fingerprint density at radius 1 is 0.931 bits per heavy atom. The first-order valence-electron chi connectivity index (χ1n) is 8.70. The van der Waals surface area contributed by atoms with Crippen molar-refractivity contribution in [3.8, 4) is 0 Å². The van der Waals surface area contributed by atoms with Crippen LogP contribution in [0, 0.1) is 0 Å². The van der Waals surface area contributed by atoms with Gasteiger partial charge in [-0.25, -0.2) is 0 Å². The molecule has 0 saturated heterocycles. The van der Waals surface area contributed by atoms with Crippen LogP contribution in [0.1, 0.15) is 30.5 Å². The van der Waals surface area contributed by atoms with Crippen LogP contribution in [-0.2, 0) is 17.8 Å². The maximum Gasteiger partial charge on any atom is 0.418 e. The monoisotopic (exact) mass is 412 g/mol. The molecule has 0 unspecified atom stereocenters. The average Bonchev–Trinajstić information content (AvgIpc) is 2.81. The summed E-state index contributed by atoms with van der Waals surface area (Å²) in [4.78, 5) is 5.61. The highest BCUT2D eigenvalue weighted by Crippen LogP contribution is 2.46. The van der Waals surface area contributed by atoms with Gasteiger partial charge in [0.05, 0.1) is 16.8 Å². The predicted molar refractivity (Wildman–Crippen MR) is 101 cm³/mol. The van der Waals surface area contributed by atoms with Gasteiger partial charge in [-0.2, -0.15) is 26.3 Å². The van der Waals surface area contributed by atoms with Gasteiger partial charge in [0, 0.05) is 30.1 Å². The summed E-state index contributed by atoms with van der Waals surface area (Å²) in [6, 6.07) is 8.87. The summed E-state index contributed by atoms with van der Waals surface area (Å²) < 4.78 is 78.3. The van der Waals surface area contributed by atoms with E-state index in [4.69, 9.17) is 0 Å². The maximum atomic E-state index is 13.2. The van der Waals surface area contributed by atoms with Crippen LogP contribution < -0.4 is 4.90 Å². The number of halogens is 6. The third-order valence-electron chi connectivity index (χ3n) is 5.02. The zero-order valence-electron chi connectivity index (χ0n) is 15.9. The molecule has 8 heteroatoms. The van der Waals surface area contributed by atoms with E-state index < -0.39 is 34.6 Å². The van der Waals surface area contributed by atoms with Crippen molar-refractivity contribution in [2.45, 2.75) is 31.6 Å². The molecule has 1 aliphatic rings. The number of allylic oxidation sites excluding steroid dienone is 2. The van der Waals surface area contributed by atoms with Crippen LogP contribution in [-0.4, -0.2) is 13.3 Å². The van der Waals surface area contributed by atoms with Crippen molar-refractivity contribution in [3.05, 3.63) is 70.9 Å². The van der Waals surface area contributed by atoms with E-state index in [9.17, 15) is 26.3 Å². The second kappa shape index (κ2) is 6.93. The van der Waals surface area contributed by atoms with E-state index in [1.807, 2.05) is 50.1 Å². The summed E-state index contributed by atoms with van der Waals surface area (Å²) in [6.45, 7) is 3.92. The van der Waals surface area contributed by atoms with E-state index in [0.717, 1.165) is 23.2 Å². The molecule has 0 aromatic heterocycles. The van der Waals surface area contributed by atoms with Gasteiger partial charge in [0.15, 0.2) is 0 Å². The van der Waals surface area contributed by atoms with Crippen LogP contribution >= 0.6 is 0 Å². The fourth-order valence-corrected chi connectivity index (χ4v) is 3.54. The third kappa shape index (κ3) is 3.88. The van der Waals surface area contributed by atoms with Crippen LogP contribution in [0.15, 0.2) is 59.2 Å². The maximum absolute atomic E-state index is 13.2. The summed E-state index contributed by atoms with van der Waals surface area (Å²) >= 11 is 0. The van der Waals surface area contributed by atoms with E-state index in [2.05, 4.69) is 4.99 Å². The standard InChI is InChI=1S/C21H18F6N2/c1-19(2)15-6-4-5-7-17(15)29(3)18(19)10-11-28-16-12-13(20(22,23)24)8-9-14(16)21(25,26)27/h4-12H,1-3H3/b18-10-,28-11?. The van der Waals surface area contributed by atoms with Crippen molar-refractivity contribution in [3.63, 3.8) is 0 Å². The molecule has 2 aromatic rings. The number of para-hydroxylation sites is 1. The molecule has 0 aliphatic carbocycles. The summed E-state index contributed by atoms with van der Waals surface area (Å²) in [6.07, 6.45) is -6.93. The van der Waals surface area contributed by atoms with Gasteiger partial charge in [-0.3, -0.25) is 4.99 Å². The quantitative estimate of drug-likeness (QED) is 0.394. The molecule has 0 fully saturated rings. The van der Waals surface area contributed by atoms with Gasteiger partial charge in [0.25, 0.3) is 0 Å². The average molecular weight is 412 g/mol. The van der Waals surface area contributed by atoms with Crippen LogP contribution in [0.5, 0.6) is 0 Å². The topological polar surface area (TPSA) is 15.6 Å². The normalized spacial score (nSPS) is 18.0. The Morgan fingerprint density at radius 3 is 2.17 bits per heavy atom. The fourth-order valence-electron chi connectivity index (χ4n) is 3.54. The Kier molecular flexibility index (Phi) is 5.01. The highest BCUT2D eigenvalue weighted by Gasteiger charge is 2.38. The zero-order chi connectivity index (χ0) is 21.6. The molecule has 1 heterocycles. The SMILES string of the molecule is CN1/C(=C\C=Nc2cc(C(F)(F)F)ccc2C(F)(F)F)C(C)(C)c2ccccc21. The lowest BCUT2D eigenvalue weighted by Gasteiger charge is -2.23. The Hall–Kier alpha value is -2.77. The molecule has 154 valence electrons. The van der Waals surface area contributed by atoms with E-state index >= 15 is 0 Å². The molecular formula is C21H18F6N2. The first kappa shape index (κ1) is 21.0. The molecule has 0 bridgehead atoms. The minimum Gasteiger partial charge on any atom is -0.347 e. The number of fused-ring (bicyclic) bond motifs is 1. The minimum atomic E-state index is -4.82. The number of hydrogen-bond acceptors (Lipinski definition) is 2. The molecule has 0 atom stereocenters. The first-order valence-corrected chi connectivity index (χ1v) is 8.70. The first-order chi connectivity index (χ1) is 13.3. The minimum absolute atomic E-state index is 0.407. The van der Waals surface area contributed by atoms with Crippen molar-refractivity contribution in [2.75, 3.05) is 11.9 Å². The number of rotatable bonds is 2. The largest absolute Gasteiger partial charge is 0.418 e. The van der Waals surface area contributed by atoms with Crippen LogP contribution in [0.2, 0.25) is 0 Å². The number of nitrogens with zero attached hydrogens (tertiary/aromatic N) is 2. The highest BCUT2D eigenvalue weighted by molar-refractivity contribution is 5.81. The Balaban J connectivity index is 2.02. The second-order valence-corrected chi connectivity index (χ2v) is 7.26. The lowest BCUT2D eigenvalue weighted by Crippen LogP contribution is -2.23. The van der Waals surface area contributed by atoms with Crippen molar-refractivity contribution < 1.29 is 26.3 Å². The molecule has 2 aromatic carbocycles. The summed E-state index contributed by atoms with van der Waals surface area (Å²) in [7, 11) is 1.82. The van der Waals surface area contributed by atoms with Crippen LogP contribution in [0.3, 0.4) is 0 Å². The second-order valence-electron chi connectivity index (χ2n) is 7.26. The van der Waals surface area contributed by atoms with Gasteiger partial charge in [-0.05, 0) is 35.9 Å². The fraction of sp³-hybridized carbons (Fsp3) is 0.286. The molecule has 0 saturated carbocycles. The zero-order valence-corrected chi connectivity index (χ0v) is 15.9. The summed E-state index contributed by atoms with van der Waals surface area (Å²) in [5.41, 5.74) is -0.857. The predicted octanol–water partition coefficient (Wildman–Crippen LogP) is 6.74. The van der Waals surface area contributed by atoms with Crippen molar-refractivity contribution in [1.82, 2.24) is 0 Å². The van der Waals surface area contributed by atoms with Gasteiger partial charge in [0.1, 0.15) is 0 Å². The molecule has 0 N–H and O–H groups in total. The molecular weight excluding hydrogens is 394 g/mol. The lowest BCUT2D eigenvalue weighted by atomic mass is 9.84. The Morgan fingerprint density at radius 2 is 1.59 bits per heavy atom. The van der Waals surface area contributed by atoms with E-state index in [-0.39, 0.29) is 0 Å². The Labute approximate surface area is 164 Å². The number of aliphatic imine (C=N–C) groups is 1. The number of anilines is 1. The number of hydrogen-bond donors (Lipinski definition) is 0. The van der Waals surface area contributed by atoms with Gasteiger partial charge in [-0.15, -0.1) is 0 Å². The van der Waals surface area contributed by atoms with Crippen LogP contribution in [0.4, 0.5) is 37.7 Å². The molecule has 3 rings (SSSR count). The number of benzene rings is 2. The number of alkyl halides is 6. The number of likely N-dealkylation sites (N-methyl/N-ethyl adjacent to an activating group) is 1. The van der Waals surface area contributed by atoms with Crippen molar-refractivity contribution >= 4 is 17.6 Å². The van der Waals surface area contributed by atoms with E-state index in [0.29, 0.717) is 18.2 Å². The smallest absolute Gasteiger partial charge is 0.347 e. The van der Waals surface area contributed by atoms with Crippen molar-refractivity contribution in [2.24, 2.45) is 4.99 Å². The van der Waals surface area contributed by atoms with Gasteiger partial charge < -0.3 is 4.90 Å².